The van der Waals surface area contributed by atoms with Gasteiger partial charge in [0, 0.05) is 27.1 Å². The fourth-order valence-corrected chi connectivity index (χ4v) is 6.27. The molecule has 0 saturated heterocycles. The Hall–Kier alpha value is -5.26. The van der Waals surface area contributed by atoms with Gasteiger partial charge in [0.1, 0.15) is 17.3 Å². The van der Waals surface area contributed by atoms with Gasteiger partial charge in [0.25, 0.3) is 11.8 Å². The van der Waals surface area contributed by atoms with E-state index in [-0.39, 0.29) is 17.4 Å². The summed E-state index contributed by atoms with van der Waals surface area (Å²) in [5.74, 6) is -0.774. The fourth-order valence-electron chi connectivity index (χ4n) is 4.54. The Bertz CT molecular complexity index is 1900. The number of benzene rings is 4. The molecular weight excluding hydrogens is 648 g/mol. The highest BCUT2D eigenvalue weighted by Gasteiger charge is 2.21. The Morgan fingerprint density at radius 2 is 1.67 bits per heavy atom. The second-order valence-electron chi connectivity index (χ2n) is 10.4. The number of amides is 3. The van der Waals surface area contributed by atoms with Crippen LogP contribution in [0.4, 0.5) is 15.2 Å². The molecule has 1 heterocycles. The van der Waals surface area contributed by atoms with E-state index in [1.54, 1.807) is 84.9 Å². The molecule has 0 fully saturated rings. The number of thiazole rings is 1. The Morgan fingerprint density at radius 3 is 2.38 bits per heavy atom. The molecule has 0 aliphatic heterocycles. The highest BCUT2D eigenvalue weighted by molar-refractivity contribution is 8.00. The number of hydrogen-bond acceptors (Lipinski definition) is 7. The number of nitrogens with one attached hydrogen (secondary N) is 3. The number of thioether (sulfide) groups is 1. The first-order valence-electron chi connectivity index (χ1n) is 15.2. The van der Waals surface area contributed by atoms with Gasteiger partial charge in [0.2, 0.25) is 5.91 Å². The Morgan fingerprint density at radius 1 is 0.917 bits per heavy atom. The normalized spacial score (nSPS) is 11.8. The summed E-state index contributed by atoms with van der Waals surface area (Å²) in [6.45, 7) is 4.35. The Balaban J connectivity index is 1.27. The van der Waals surface area contributed by atoms with Crippen molar-refractivity contribution in [1.82, 2.24) is 10.3 Å². The molecule has 1 aromatic heterocycles. The summed E-state index contributed by atoms with van der Waals surface area (Å²) in [5, 5.41) is 10.3. The van der Waals surface area contributed by atoms with Gasteiger partial charge in [-0.3, -0.25) is 14.4 Å². The highest BCUT2D eigenvalue weighted by atomic mass is 32.2. The minimum atomic E-state index is -0.513. The van der Waals surface area contributed by atoms with Gasteiger partial charge in [-0.1, -0.05) is 43.3 Å². The molecule has 1 atom stereocenters. The minimum Gasteiger partial charge on any atom is -0.494 e. The van der Waals surface area contributed by atoms with E-state index >= 15 is 0 Å². The van der Waals surface area contributed by atoms with Crippen molar-refractivity contribution in [2.24, 2.45) is 0 Å². The van der Waals surface area contributed by atoms with E-state index in [9.17, 15) is 18.8 Å². The van der Waals surface area contributed by atoms with Crippen LogP contribution in [0, 0.1) is 5.82 Å². The monoisotopic (exact) mass is 680 g/mol. The SMILES string of the molecule is CCOc1ccc(/C=C(/NC(=O)c2ccccc2)C(=O)Nc2cccc(SC(CC)C(=O)Nc3nc(-c4ccc(F)cc4)cs3)c2)cc1. The van der Waals surface area contributed by atoms with Crippen LogP contribution in [0.3, 0.4) is 0 Å². The summed E-state index contributed by atoms with van der Waals surface area (Å²) in [5.41, 5.74) is 3.06. The molecule has 0 bridgehead atoms. The molecular formula is C37H33FN4O4S2. The molecule has 5 rings (SSSR count). The predicted octanol–water partition coefficient (Wildman–Crippen LogP) is 8.27. The first kappa shape index (κ1) is 34.1. The first-order chi connectivity index (χ1) is 23.3. The van der Waals surface area contributed by atoms with Crippen molar-refractivity contribution in [3.05, 3.63) is 131 Å². The van der Waals surface area contributed by atoms with Crippen LogP contribution in [0.5, 0.6) is 5.75 Å². The number of aromatic nitrogens is 1. The number of hydrogen-bond donors (Lipinski definition) is 3. The second kappa shape index (κ2) is 16.5. The molecule has 5 aromatic rings. The van der Waals surface area contributed by atoms with E-state index in [0.29, 0.717) is 46.4 Å². The topological polar surface area (TPSA) is 109 Å². The number of halogens is 1. The molecule has 11 heteroatoms. The van der Waals surface area contributed by atoms with E-state index in [1.165, 1.54) is 35.2 Å². The van der Waals surface area contributed by atoms with Crippen LogP contribution in [0.25, 0.3) is 17.3 Å². The Labute approximate surface area is 286 Å². The van der Waals surface area contributed by atoms with Crippen LogP contribution in [0.15, 0.2) is 119 Å². The molecule has 1 unspecified atom stereocenters. The van der Waals surface area contributed by atoms with Crippen LogP contribution in [0.2, 0.25) is 0 Å². The smallest absolute Gasteiger partial charge is 0.272 e. The van der Waals surface area contributed by atoms with E-state index in [0.717, 1.165) is 10.5 Å². The molecule has 0 spiro atoms. The minimum absolute atomic E-state index is 0.0559. The zero-order valence-corrected chi connectivity index (χ0v) is 27.9. The summed E-state index contributed by atoms with van der Waals surface area (Å²) in [7, 11) is 0. The van der Waals surface area contributed by atoms with Crippen molar-refractivity contribution in [2.45, 2.75) is 30.4 Å². The van der Waals surface area contributed by atoms with E-state index in [4.69, 9.17) is 4.74 Å². The zero-order valence-electron chi connectivity index (χ0n) is 26.2. The van der Waals surface area contributed by atoms with Crippen molar-refractivity contribution in [2.75, 3.05) is 17.2 Å². The lowest BCUT2D eigenvalue weighted by molar-refractivity contribution is -0.116. The summed E-state index contributed by atoms with van der Waals surface area (Å²) in [4.78, 5) is 45.0. The maximum Gasteiger partial charge on any atom is 0.272 e. The highest BCUT2D eigenvalue weighted by Crippen LogP contribution is 2.30. The molecule has 48 heavy (non-hydrogen) atoms. The zero-order chi connectivity index (χ0) is 33.9. The lowest BCUT2D eigenvalue weighted by Gasteiger charge is -2.15. The number of carbonyl (C=O) groups is 3. The average Bonchev–Trinajstić information content (AvgIpc) is 3.57. The third-order valence-electron chi connectivity index (χ3n) is 6.94. The van der Waals surface area contributed by atoms with Crippen LogP contribution < -0.4 is 20.7 Å². The number of nitrogens with zero attached hydrogens (tertiary/aromatic N) is 1. The lowest BCUT2D eigenvalue weighted by atomic mass is 10.1. The number of carbonyl (C=O) groups excluding carboxylic acids is 3. The number of rotatable bonds is 13. The standard InChI is InChI=1S/C37H33FN4O4S2/c1-3-33(36(45)42-37-41-32(23-47-37)25-15-17-27(38)18-16-25)48-30-12-8-11-28(22-30)39-35(44)31(40-34(43)26-9-6-5-7-10-26)21-24-13-19-29(20-14-24)46-4-2/h5-23,33H,3-4H2,1-2H3,(H,39,44)(H,40,43)(H,41,42,45)/b31-21+. The van der Waals surface area contributed by atoms with E-state index < -0.39 is 17.1 Å². The van der Waals surface area contributed by atoms with E-state index in [1.807, 2.05) is 31.4 Å². The summed E-state index contributed by atoms with van der Waals surface area (Å²) in [6, 6.07) is 29.0. The van der Waals surface area contributed by atoms with Gasteiger partial charge in [-0.05, 0) is 91.7 Å². The van der Waals surface area contributed by atoms with Gasteiger partial charge in [0.15, 0.2) is 5.13 Å². The first-order valence-corrected chi connectivity index (χ1v) is 17.0. The Kier molecular flexibility index (Phi) is 11.7. The van der Waals surface area contributed by atoms with Crippen LogP contribution in [0.1, 0.15) is 36.2 Å². The van der Waals surface area contributed by atoms with Crippen LogP contribution >= 0.6 is 23.1 Å². The molecule has 8 nitrogen and oxygen atoms in total. The van der Waals surface area contributed by atoms with Crippen molar-refractivity contribution < 1.29 is 23.5 Å². The number of anilines is 2. The summed E-state index contributed by atoms with van der Waals surface area (Å²) in [6.07, 6.45) is 2.14. The molecule has 4 aromatic carbocycles. The molecule has 0 aliphatic carbocycles. The maximum absolute atomic E-state index is 13.6. The van der Waals surface area contributed by atoms with Crippen molar-refractivity contribution in [1.29, 1.82) is 0 Å². The van der Waals surface area contributed by atoms with Gasteiger partial charge < -0.3 is 20.7 Å². The maximum atomic E-state index is 13.6. The van der Waals surface area contributed by atoms with Crippen LogP contribution in [-0.4, -0.2) is 34.6 Å². The van der Waals surface area contributed by atoms with Gasteiger partial charge in [-0.15, -0.1) is 23.1 Å². The van der Waals surface area contributed by atoms with Crippen LogP contribution in [-0.2, 0) is 9.59 Å². The molecule has 3 amide bonds. The summed E-state index contributed by atoms with van der Waals surface area (Å²) >= 11 is 2.66. The lowest BCUT2D eigenvalue weighted by Crippen LogP contribution is -2.30. The largest absolute Gasteiger partial charge is 0.494 e. The molecule has 0 aliphatic rings. The van der Waals surface area contributed by atoms with Crippen molar-refractivity contribution in [3.8, 4) is 17.0 Å². The molecule has 244 valence electrons. The quantitative estimate of drug-likeness (QED) is 0.0854. The van der Waals surface area contributed by atoms with Gasteiger partial charge in [-0.25, -0.2) is 9.37 Å². The van der Waals surface area contributed by atoms with Gasteiger partial charge >= 0.3 is 0 Å². The summed E-state index contributed by atoms with van der Waals surface area (Å²) < 4.78 is 18.8. The van der Waals surface area contributed by atoms with E-state index in [2.05, 4.69) is 20.9 Å². The van der Waals surface area contributed by atoms with Gasteiger partial charge in [0.05, 0.1) is 17.6 Å². The van der Waals surface area contributed by atoms with Gasteiger partial charge in [-0.2, -0.15) is 0 Å². The third-order valence-corrected chi connectivity index (χ3v) is 9.05. The molecule has 3 N–H and O–H groups in total. The average molecular weight is 681 g/mol. The van der Waals surface area contributed by atoms with Crippen molar-refractivity contribution in [3.63, 3.8) is 0 Å². The second-order valence-corrected chi connectivity index (χ2v) is 12.5. The third kappa shape index (κ3) is 9.40. The molecule has 0 saturated carbocycles. The molecule has 0 radical (unpaired) electrons. The van der Waals surface area contributed by atoms with Crippen molar-refractivity contribution >= 4 is 57.7 Å². The predicted molar refractivity (Wildman–Crippen MR) is 191 cm³/mol. The number of ether oxygens (including phenoxy) is 1. The fraction of sp³-hybridized carbons (Fsp3) is 0.135.